The lowest BCUT2D eigenvalue weighted by Gasteiger charge is -2.05. The van der Waals surface area contributed by atoms with Gasteiger partial charge in [0.25, 0.3) is 0 Å². The first kappa shape index (κ1) is 16.5. The smallest absolute Gasteiger partial charge is 0.387 e. The van der Waals surface area contributed by atoms with Gasteiger partial charge in [0.05, 0.1) is 5.69 Å². The van der Waals surface area contributed by atoms with Gasteiger partial charge in [-0.05, 0) is 24.3 Å². The van der Waals surface area contributed by atoms with E-state index in [0.29, 0.717) is 6.07 Å². The maximum atomic E-state index is 13.4. The molecule has 0 bridgehead atoms. The maximum Gasteiger partial charge on any atom is 0.387 e. The van der Waals surface area contributed by atoms with Gasteiger partial charge in [-0.2, -0.15) is 8.78 Å². The molecule has 0 saturated heterocycles. The van der Waals surface area contributed by atoms with E-state index < -0.39 is 24.0 Å². The Labute approximate surface area is 129 Å². The van der Waals surface area contributed by atoms with E-state index in [1.807, 2.05) is 0 Å². The molecule has 0 aliphatic rings. The van der Waals surface area contributed by atoms with E-state index in [0.717, 1.165) is 18.2 Å². The predicted octanol–water partition coefficient (Wildman–Crippen LogP) is 4.37. The Bertz CT molecular complexity index is 732. The Morgan fingerprint density at radius 2 is 1.91 bits per heavy atom. The second-order valence-electron chi connectivity index (χ2n) is 4.37. The summed E-state index contributed by atoms with van der Waals surface area (Å²) < 4.78 is 54.5. The Morgan fingerprint density at radius 3 is 2.61 bits per heavy atom. The molecule has 0 fully saturated rings. The van der Waals surface area contributed by atoms with Gasteiger partial charge in [-0.3, -0.25) is 4.79 Å². The van der Waals surface area contributed by atoms with Crippen molar-refractivity contribution in [2.75, 3.05) is 5.32 Å². The van der Waals surface area contributed by atoms with Crippen molar-refractivity contribution >= 4 is 11.5 Å². The van der Waals surface area contributed by atoms with Gasteiger partial charge in [-0.15, -0.1) is 0 Å². The van der Waals surface area contributed by atoms with E-state index in [1.165, 1.54) is 30.5 Å². The minimum absolute atomic E-state index is 0.00904. The van der Waals surface area contributed by atoms with Crippen molar-refractivity contribution in [2.45, 2.75) is 6.61 Å². The van der Waals surface area contributed by atoms with Crippen LogP contribution in [0.5, 0.6) is 5.75 Å². The van der Waals surface area contributed by atoms with Crippen molar-refractivity contribution in [2.24, 2.45) is 0 Å². The molecule has 0 aliphatic heterocycles. The van der Waals surface area contributed by atoms with Gasteiger partial charge < -0.3 is 10.1 Å². The zero-order valence-electron chi connectivity index (χ0n) is 11.6. The van der Waals surface area contributed by atoms with Crippen LogP contribution in [-0.4, -0.2) is 12.4 Å². The molecule has 3 nitrogen and oxygen atoms in total. The van der Waals surface area contributed by atoms with Crippen molar-refractivity contribution < 1.29 is 27.1 Å². The van der Waals surface area contributed by atoms with Crippen molar-refractivity contribution in [3.63, 3.8) is 0 Å². The number of rotatable bonds is 6. The Morgan fingerprint density at radius 1 is 1.13 bits per heavy atom. The zero-order chi connectivity index (χ0) is 16.8. The number of carbonyl (C=O) groups is 1. The molecular weight excluding hydrogens is 314 g/mol. The summed E-state index contributed by atoms with van der Waals surface area (Å²) in [6.45, 7) is -2.99. The van der Waals surface area contributed by atoms with Crippen LogP contribution in [0.15, 0.2) is 54.7 Å². The number of halogens is 4. The summed E-state index contributed by atoms with van der Waals surface area (Å²) in [6, 6.07) is 8.21. The topological polar surface area (TPSA) is 38.3 Å². The molecule has 2 aromatic rings. The van der Waals surface area contributed by atoms with E-state index >= 15 is 0 Å². The number of benzene rings is 2. The fraction of sp³-hybridized carbons (Fsp3) is 0.0625. The van der Waals surface area contributed by atoms with Crippen molar-refractivity contribution in [3.05, 3.63) is 71.9 Å². The molecule has 0 heterocycles. The van der Waals surface area contributed by atoms with Gasteiger partial charge in [-0.1, -0.05) is 12.1 Å². The number of alkyl halides is 2. The fourth-order valence-electron chi connectivity index (χ4n) is 1.74. The molecule has 0 radical (unpaired) electrons. The summed E-state index contributed by atoms with van der Waals surface area (Å²) in [4.78, 5) is 11.9. The molecule has 0 aromatic heterocycles. The van der Waals surface area contributed by atoms with Crippen LogP contribution in [0.25, 0.3) is 0 Å². The quantitative estimate of drug-likeness (QED) is 0.487. The van der Waals surface area contributed by atoms with Gasteiger partial charge in [0.1, 0.15) is 17.4 Å². The number of nitrogens with one attached hydrogen (secondary N) is 1. The average molecular weight is 325 g/mol. The van der Waals surface area contributed by atoms with Gasteiger partial charge in [0, 0.05) is 23.9 Å². The Kier molecular flexibility index (Phi) is 5.35. The number of allylic oxidation sites excluding steroid dienone is 1. The van der Waals surface area contributed by atoms with Crippen LogP contribution in [0, 0.1) is 11.6 Å². The van der Waals surface area contributed by atoms with Crippen LogP contribution in [-0.2, 0) is 0 Å². The monoisotopic (exact) mass is 325 g/mol. The van der Waals surface area contributed by atoms with E-state index in [4.69, 9.17) is 0 Å². The molecule has 2 aromatic carbocycles. The Hall–Kier alpha value is -2.83. The molecule has 0 spiro atoms. The van der Waals surface area contributed by atoms with Gasteiger partial charge in [0.2, 0.25) is 0 Å². The third-order valence-electron chi connectivity index (χ3n) is 2.75. The summed E-state index contributed by atoms with van der Waals surface area (Å²) in [5.74, 6) is -2.17. The van der Waals surface area contributed by atoms with Gasteiger partial charge in [-0.25, -0.2) is 8.78 Å². The maximum absolute atomic E-state index is 13.4. The normalized spacial score (nSPS) is 11.0. The first-order valence-electron chi connectivity index (χ1n) is 6.43. The average Bonchev–Trinajstić information content (AvgIpc) is 2.49. The van der Waals surface area contributed by atoms with E-state index in [9.17, 15) is 22.4 Å². The summed E-state index contributed by atoms with van der Waals surface area (Å²) in [6.07, 6.45) is 2.25. The van der Waals surface area contributed by atoms with Crippen LogP contribution in [0.4, 0.5) is 23.2 Å². The first-order valence-corrected chi connectivity index (χ1v) is 6.43. The molecule has 1 N–H and O–H groups in total. The van der Waals surface area contributed by atoms with Crippen LogP contribution < -0.4 is 10.1 Å². The fourth-order valence-corrected chi connectivity index (χ4v) is 1.74. The number of carbonyl (C=O) groups excluding carboxylic acids is 1. The van der Waals surface area contributed by atoms with Gasteiger partial charge in [0.15, 0.2) is 5.78 Å². The first-order chi connectivity index (χ1) is 11.0. The molecule has 0 aliphatic carbocycles. The van der Waals surface area contributed by atoms with E-state index in [2.05, 4.69) is 10.1 Å². The highest BCUT2D eigenvalue weighted by Gasteiger charge is 2.08. The minimum Gasteiger partial charge on any atom is -0.435 e. The molecule has 23 heavy (non-hydrogen) atoms. The molecule has 7 heteroatoms. The van der Waals surface area contributed by atoms with E-state index in [1.54, 1.807) is 0 Å². The minimum atomic E-state index is -2.99. The number of ether oxygens (including phenoxy) is 1. The third kappa shape index (κ3) is 4.84. The summed E-state index contributed by atoms with van der Waals surface area (Å²) >= 11 is 0. The summed E-state index contributed by atoms with van der Waals surface area (Å²) in [7, 11) is 0. The highest BCUT2D eigenvalue weighted by molar-refractivity contribution is 6.04. The summed E-state index contributed by atoms with van der Waals surface area (Å²) in [5.41, 5.74) is 0.117. The molecule has 2 rings (SSSR count). The lowest BCUT2D eigenvalue weighted by Crippen LogP contribution is -2.03. The molecule has 0 saturated carbocycles. The number of ketones is 1. The second-order valence-corrected chi connectivity index (χ2v) is 4.37. The Balaban J connectivity index is 2.03. The highest BCUT2D eigenvalue weighted by atomic mass is 19.3. The van der Waals surface area contributed by atoms with Gasteiger partial charge >= 0.3 is 6.61 Å². The van der Waals surface area contributed by atoms with Crippen LogP contribution >= 0.6 is 0 Å². The standard InChI is InChI=1S/C16H11F4NO2/c17-11-4-5-14(13(18)9-11)21-7-6-15(22)10-2-1-3-12(8-10)23-16(19)20/h1-9,16,21H. The van der Waals surface area contributed by atoms with Crippen LogP contribution in [0.1, 0.15) is 10.4 Å². The predicted molar refractivity (Wildman–Crippen MR) is 76.5 cm³/mol. The lowest BCUT2D eigenvalue weighted by molar-refractivity contribution is -0.0498. The van der Waals surface area contributed by atoms with Crippen molar-refractivity contribution in [1.82, 2.24) is 0 Å². The number of hydrogen-bond acceptors (Lipinski definition) is 3. The molecule has 0 atom stereocenters. The van der Waals surface area contributed by atoms with Crippen molar-refractivity contribution in [3.8, 4) is 5.75 Å². The van der Waals surface area contributed by atoms with Crippen LogP contribution in [0.2, 0.25) is 0 Å². The lowest BCUT2D eigenvalue weighted by atomic mass is 10.1. The largest absolute Gasteiger partial charge is 0.435 e. The third-order valence-corrected chi connectivity index (χ3v) is 2.75. The molecule has 120 valence electrons. The highest BCUT2D eigenvalue weighted by Crippen LogP contribution is 2.17. The SMILES string of the molecule is O=C(C=CNc1ccc(F)cc1F)c1cccc(OC(F)F)c1. The summed E-state index contributed by atoms with van der Waals surface area (Å²) in [5, 5.41) is 2.49. The molecule has 0 unspecified atom stereocenters. The van der Waals surface area contributed by atoms with Crippen molar-refractivity contribution in [1.29, 1.82) is 0 Å². The second kappa shape index (κ2) is 7.44. The number of anilines is 1. The zero-order valence-corrected chi connectivity index (χ0v) is 11.6. The van der Waals surface area contributed by atoms with Crippen LogP contribution in [0.3, 0.4) is 0 Å². The molecular formula is C16H11F4NO2. The van der Waals surface area contributed by atoms with E-state index in [-0.39, 0.29) is 17.0 Å². The molecule has 0 amide bonds. The number of hydrogen-bond donors (Lipinski definition) is 1.